The summed E-state index contributed by atoms with van der Waals surface area (Å²) in [7, 11) is 0. The first-order chi connectivity index (χ1) is 15.4. The first kappa shape index (κ1) is 21.5. The van der Waals surface area contributed by atoms with Crippen LogP contribution in [0.1, 0.15) is 29.2 Å². The molecule has 0 radical (unpaired) electrons. The molecule has 1 amide bonds. The predicted molar refractivity (Wildman–Crippen MR) is 124 cm³/mol. The summed E-state index contributed by atoms with van der Waals surface area (Å²) in [6, 6.07) is 21.7. The van der Waals surface area contributed by atoms with Gasteiger partial charge in [-0.05, 0) is 38.0 Å². The third-order valence-corrected chi connectivity index (χ3v) is 5.66. The molecular weight excluding hydrogens is 402 g/mol. The lowest BCUT2D eigenvalue weighted by molar-refractivity contribution is -0.133. The Morgan fingerprint density at radius 3 is 2.09 bits per heavy atom. The Balaban J connectivity index is 1.84. The van der Waals surface area contributed by atoms with Gasteiger partial charge in [-0.15, -0.1) is 10.2 Å². The van der Waals surface area contributed by atoms with E-state index in [4.69, 9.17) is 0 Å². The summed E-state index contributed by atoms with van der Waals surface area (Å²) in [4.78, 5) is 13.4. The Hall–Kier alpha value is -3.77. The molecule has 0 aliphatic heterocycles. The van der Waals surface area contributed by atoms with E-state index >= 15 is 0 Å². The lowest BCUT2D eigenvalue weighted by atomic mass is 9.84. The van der Waals surface area contributed by atoms with Gasteiger partial charge >= 0.3 is 5.91 Å². The second kappa shape index (κ2) is 8.40. The maximum Gasteiger partial charge on any atom is 0.305 e. The van der Waals surface area contributed by atoms with Gasteiger partial charge in [-0.1, -0.05) is 77.9 Å². The van der Waals surface area contributed by atoms with Crippen molar-refractivity contribution in [2.45, 2.75) is 32.9 Å². The van der Waals surface area contributed by atoms with Gasteiger partial charge < -0.3 is 14.8 Å². The van der Waals surface area contributed by atoms with E-state index < -0.39 is 11.5 Å². The Bertz CT molecular complexity index is 1290. The summed E-state index contributed by atoms with van der Waals surface area (Å²) in [5, 5.41) is 31.1. The molecule has 0 saturated carbocycles. The van der Waals surface area contributed by atoms with Crippen molar-refractivity contribution in [1.82, 2.24) is 4.57 Å². The smallest absolute Gasteiger partial charge is 0.305 e. The first-order valence-electron chi connectivity index (χ1n) is 10.5. The minimum absolute atomic E-state index is 0.0695. The van der Waals surface area contributed by atoms with Crippen LogP contribution >= 0.6 is 0 Å². The second-order valence-corrected chi connectivity index (χ2v) is 7.89. The van der Waals surface area contributed by atoms with Gasteiger partial charge in [-0.3, -0.25) is 4.79 Å². The highest BCUT2D eigenvalue weighted by Gasteiger charge is 2.40. The van der Waals surface area contributed by atoms with E-state index in [0.29, 0.717) is 23.1 Å². The summed E-state index contributed by atoms with van der Waals surface area (Å²) < 4.78 is 1.70. The van der Waals surface area contributed by atoms with Crippen LogP contribution in [-0.4, -0.2) is 20.7 Å². The lowest BCUT2D eigenvalue weighted by Crippen LogP contribution is -2.36. The molecule has 0 unspecified atom stereocenters. The van der Waals surface area contributed by atoms with E-state index in [-0.39, 0.29) is 11.6 Å². The average Bonchev–Trinajstić information content (AvgIpc) is 3.07. The molecule has 6 heteroatoms. The van der Waals surface area contributed by atoms with E-state index in [1.165, 1.54) is 0 Å². The van der Waals surface area contributed by atoms with E-state index in [1.54, 1.807) is 41.0 Å². The zero-order valence-electron chi connectivity index (χ0n) is 18.3. The maximum atomic E-state index is 13.4. The number of rotatable bonds is 5. The molecule has 2 N–H and O–H groups in total. The number of aryl methyl sites for hydroxylation is 3. The molecule has 4 aromatic rings. The number of benzene rings is 3. The van der Waals surface area contributed by atoms with Crippen LogP contribution in [0.15, 0.2) is 83.0 Å². The highest BCUT2D eigenvalue weighted by atomic mass is 16.3. The minimum atomic E-state index is -2.01. The predicted octanol–water partition coefficient (Wildman–Crippen LogP) is 5.53. The summed E-state index contributed by atoms with van der Waals surface area (Å²) in [5.41, 5.74) is 1.61. The monoisotopic (exact) mass is 427 g/mol. The van der Waals surface area contributed by atoms with Crippen LogP contribution in [-0.2, 0) is 16.9 Å². The highest BCUT2D eigenvalue weighted by Crippen LogP contribution is 2.39. The lowest BCUT2D eigenvalue weighted by Gasteiger charge is -2.26. The molecular formula is C26H25N3O3. The van der Waals surface area contributed by atoms with Gasteiger partial charge in [0.2, 0.25) is 5.88 Å². The number of aromatic hydroxyl groups is 1. The summed E-state index contributed by atoms with van der Waals surface area (Å²) in [5.74, 6) is -0.902. The van der Waals surface area contributed by atoms with Crippen molar-refractivity contribution in [2.24, 2.45) is 10.2 Å². The van der Waals surface area contributed by atoms with Crippen LogP contribution < -0.4 is 0 Å². The average molecular weight is 428 g/mol. The molecule has 162 valence electrons. The number of amides is 1. The van der Waals surface area contributed by atoms with Gasteiger partial charge in [-0.2, -0.15) is 0 Å². The Labute approximate surface area is 186 Å². The van der Waals surface area contributed by atoms with Crippen molar-refractivity contribution >= 4 is 22.5 Å². The number of nitrogens with zero attached hydrogens (tertiary/aromatic N) is 3. The fraction of sp³-hybridized carbons (Fsp3) is 0.192. The van der Waals surface area contributed by atoms with Gasteiger partial charge in [0.15, 0.2) is 11.3 Å². The zero-order valence-corrected chi connectivity index (χ0v) is 18.3. The van der Waals surface area contributed by atoms with Crippen LogP contribution in [0.3, 0.4) is 0 Å². The van der Waals surface area contributed by atoms with Crippen LogP contribution in [0.2, 0.25) is 0 Å². The molecule has 4 rings (SSSR count). The molecule has 0 aliphatic carbocycles. The first-order valence-corrected chi connectivity index (χ1v) is 10.5. The van der Waals surface area contributed by atoms with Crippen LogP contribution in [0.5, 0.6) is 5.88 Å². The second-order valence-electron chi connectivity index (χ2n) is 7.89. The van der Waals surface area contributed by atoms with Crippen LogP contribution in [0.25, 0.3) is 10.9 Å². The summed E-state index contributed by atoms with van der Waals surface area (Å²) in [6.45, 7) is 6.23. The van der Waals surface area contributed by atoms with Crippen molar-refractivity contribution in [1.29, 1.82) is 0 Å². The third-order valence-electron chi connectivity index (χ3n) is 5.66. The number of azo groups is 1. The summed E-state index contributed by atoms with van der Waals surface area (Å²) in [6.07, 6.45) is 0. The third kappa shape index (κ3) is 3.59. The minimum Gasteiger partial charge on any atom is -0.493 e. The quantitative estimate of drug-likeness (QED) is 0.411. The number of fused-ring (bicyclic) bond motifs is 1. The molecule has 0 bridgehead atoms. The van der Waals surface area contributed by atoms with Gasteiger partial charge in [0.25, 0.3) is 0 Å². The number of carbonyl (C=O) groups excluding carboxylic acids is 1. The number of hydrogen-bond acceptors (Lipinski definition) is 4. The summed E-state index contributed by atoms with van der Waals surface area (Å²) >= 11 is 0. The normalized spacial score (nSPS) is 12.0. The number of aromatic nitrogens is 1. The topological polar surface area (TPSA) is 87.2 Å². The SMILES string of the molecule is CCn1c(O)c(N=NC(=O)C(O)(c2cccc(C)c2)c2cccc(C)c2)c2ccccc21. The van der Waals surface area contributed by atoms with Crippen molar-refractivity contribution in [3.8, 4) is 5.88 Å². The number of aliphatic hydroxyl groups is 1. The van der Waals surface area contributed by atoms with E-state index in [1.807, 2.05) is 57.2 Å². The van der Waals surface area contributed by atoms with Gasteiger partial charge in [0, 0.05) is 11.9 Å². The fourth-order valence-electron chi connectivity index (χ4n) is 4.01. The largest absolute Gasteiger partial charge is 0.493 e. The van der Waals surface area contributed by atoms with E-state index in [2.05, 4.69) is 10.2 Å². The Morgan fingerprint density at radius 1 is 0.938 bits per heavy atom. The van der Waals surface area contributed by atoms with E-state index in [0.717, 1.165) is 16.6 Å². The van der Waals surface area contributed by atoms with Crippen molar-refractivity contribution < 1.29 is 15.0 Å². The molecule has 0 aliphatic rings. The van der Waals surface area contributed by atoms with Gasteiger partial charge in [-0.25, -0.2) is 0 Å². The maximum absolute atomic E-state index is 13.4. The fourth-order valence-corrected chi connectivity index (χ4v) is 4.01. The Morgan fingerprint density at radius 2 is 1.53 bits per heavy atom. The van der Waals surface area contributed by atoms with Crippen molar-refractivity contribution in [3.63, 3.8) is 0 Å². The van der Waals surface area contributed by atoms with Crippen LogP contribution in [0, 0.1) is 13.8 Å². The Kier molecular flexibility index (Phi) is 5.63. The zero-order chi connectivity index (χ0) is 22.9. The molecule has 32 heavy (non-hydrogen) atoms. The molecule has 0 atom stereocenters. The molecule has 0 spiro atoms. The number of hydrogen-bond donors (Lipinski definition) is 2. The van der Waals surface area contributed by atoms with E-state index in [9.17, 15) is 15.0 Å². The standard InChI is InChI=1S/C26H25N3O3/c1-4-29-22-14-6-5-13-21(22)23(24(29)30)27-28-25(31)26(32,19-11-7-9-17(2)15-19)20-12-8-10-18(3)16-20/h5-16,30,32H,4H2,1-3H3. The molecule has 6 nitrogen and oxygen atoms in total. The molecule has 3 aromatic carbocycles. The van der Waals surface area contributed by atoms with Crippen LogP contribution in [0.4, 0.5) is 5.69 Å². The molecule has 1 aromatic heterocycles. The van der Waals surface area contributed by atoms with Gasteiger partial charge in [0.05, 0.1) is 5.52 Å². The van der Waals surface area contributed by atoms with Crippen molar-refractivity contribution in [3.05, 3.63) is 95.1 Å². The van der Waals surface area contributed by atoms with Crippen molar-refractivity contribution in [2.75, 3.05) is 0 Å². The number of para-hydroxylation sites is 1. The molecule has 0 saturated heterocycles. The highest BCUT2D eigenvalue weighted by molar-refractivity contribution is 5.96. The molecule has 0 fully saturated rings. The number of carbonyl (C=O) groups is 1. The molecule has 1 heterocycles. The van der Waals surface area contributed by atoms with Gasteiger partial charge in [0.1, 0.15) is 0 Å².